The highest BCUT2D eigenvalue weighted by molar-refractivity contribution is 14.1. The molecule has 3 heterocycles. The summed E-state index contributed by atoms with van der Waals surface area (Å²) in [6.45, 7) is 1.66. The van der Waals surface area contributed by atoms with Crippen molar-refractivity contribution < 1.29 is 4.42 Å². The number of aromatic nitrogens is 2. The van der Waals surface area contributed by atoms with Crippen molar-refractivity contribution >= 4 is 28.4 Å². The van der Waals surface area contributed by atoms with Gasteiger partial charge in [-0.1, -0.05) is 12.1 Å². The molecule has 110 valence electrons. The average molecular weight is 403 g/mol. The van der Waals surface area contributed by atoms with Crippen LogP contribution in [0.5, 0.6) is 0 Å². The maximum atomic E-state index is 5.97. The van der Waals surface area contributed by atoms with Gasteiger partial charge in [-0.05, 0) is 52.9 Å². The second-order valence-corrected chi connectivity index (χ2v) is 6.50. The van der Waals surface area contributed by atoms with Crippen molar-refractivity contribution in [1.29, 1.82) is 0 Å². The van der Waals surface area contributed by atoms with Crippen LogP contribution < -0.4 is 4.90 Å². The third-order valence-electron chi connectivity index (χ3n) is 3.77. The fraction of sp³-hybridized carbons (Fsp3) is 0.176. The molecule has 0 atom stereocenters. The van der Waals surface area contributed by atoms with Crippen molar-refractivity contribution in [3.8, 4) is 11.5 Å². The summed E-state index contributed by atoms with van der Waals surface area (Å²) < 4.78 is 7.15. The van der Waals surface area contributed by atoms with Gasteiger partial charge in [0, 0.05) is 28.3 Å². The van der Waals surface area contributed by atoms with Gasteiger partial charge in [-0.2, -0.15) is 0 Å². The number of oxazole rings is 1. The Hall–Kier alpha value is -1.89. The molecular weight excluding hydrogens is 389 g/mol. The van der Waals surface area contributed by atoms with Crippen molar-refractivity contribution in [1.82, 2.24) is 9.97 Å². The van der Waals surface area contributed by atoms with Crippen LogP contribution >= 0.6 is 22.6 Å². The molecule has 1 aliphatic rings. The summed E-state index contributed by atoms with van der Waals surface area (Å²) in [7, 11) is 0. The Balaban J connectivity index is 1.64. The van der Waals surface area contributed by atoms with Gasteiger partial charge in [0.2, 0.25) is 5.89 Å². The highest BCUT2D eigenvalue weighted by Crippen LogP contribution is 2.28. The molecule has 0 radical (unpaired) electrons. The lowest BCUT2D eigenvalue weighted by Crippen LogP contribution is -2.30. The molecule has 2 aromatic heterocycles. The van der Waals surface area contributed by atoms with Crippen LogP contribution in [0.15, 0.2) is 53.1 Å². The molecule has 4 nitrogen and oxygen atoms in total. The van der Waals surface area contributed by atoms with E-state index in [0.29, 0.717) is 5.89 Å². The molecule has 0 aliphatic carbocycles. The fourth-order valence-corrected chi connectivity index (χ4v) is 3.22. The molecule has 5 heteroatoms. The fourth-order valence-electron chi connectivity index (χ4n) is 2.68. The number of anilines is 1. The van der Waals surface area contributed by atoms with Crippen LogP contribution in [0.25, 0.3) is 11.5 Å². The van der Waals surface area contributed by atoms with Crippen LogP contribution in [0, 0.1) is 3.57 Å². The van der Waals surface area contributed by atoms with E-state index >= 15 is 0 Å². The van der Waals surface area contributed by atoms with E-state index in [1.807, 2.05) is 36.5 Å². The number of benzene rings is 1. The van der Waals surface area contributed by atoms with Gasteiger partial charge in [0.1, 0.15) is 17.3 Å². The minimum Gasteiger partial charge on any atom is -0.441 e. The highest BCUT2D eigenvalue weighted by Gasteiger charge is 2.23. The molecule has 0 fully saturated rings. The molecule has 4 rings (SSSR count). The Morgan fingerprint density at radius 1 is 1.14 bits per heavy atom. The Bertz CT molecular complexity index is 801. The molecule has 1 aliphatic heterocycles. The molecule has 0 spiro atoms. The monoisotopic (exact) mass is 403 g/mol. The van der Waals surface area contributed by atoms with E-state index in [1.54, 1.807) is 0 Å². The van der Waals surface area contributed by atoms with Gasteiger partial charge in [-0.25, -0.2) is 9.97 Å². The Labute approximate surface area is 142 Å². The summed E-state index contributed by atoms with van der Waals surface area (Å²) in [5.74, 6) is 2.71. The largest absolute Gasteiger partial charge is 0.441 e. The predicted octanol–water partition coefficient (Wildman–Crippen LogP) is 3.90. The zero-order chi connectivity index (χ0) is 14.9. The first-order chi connectivity index (χ1) is 10.8. The van der Waals surface area contributed by atoms with E-state index in [2.05, 4.69) is 44.6 Å². The van der Waals surface area contributed by atoms with Gasteiger partial charge in [0.05, 0.1) is 6.54 Å². The van der Waals surface area contributed by atoms with E-state index in [-0.39, 0.29) is 0 Å². The lowest BCUT2D eigenvalue weighted by atomic mass is 10.1. The second-order valence-electron chi connectivity index (χ2n) is 5.26. The Morgan fingerprint density at radius 2 is 2.09 bits per heavy atom. The molecule has 0 saturated heterocycles. The van der Waals surface area contributed by atoms with E-state index in [9.17, 15) is 0 Å². The molecule has 0 unspecified atom stereocenters. The normalized spacial score (nSPS) is 14.0. The van der Waals surface area contributed by atoms with E-state index in [0.717, 1.165) is 42.3 Å². The maximum Gasteiger partial charge on any atom is 0.226 e. The number of rotatable bonds is 2. The predicted molar refractivity (Wildman–Crippen MR) is 93.6 cm³/mol. The summed E-state index contributed by atoms with van der Waals surface area (Å²) in [6, 6.07) is 14.2. The highest BCUT2D eigenvalue weighted by atomic mass is 127. The van der Waals surface area contributed by atoms with Crippen LogP contribution in [-0.4, -0.2) is 16.5 Å². The molecule has 22 heavy (non-hydrogen) atoms. The van der Waals surface area contributed by atoms with E-state index in [4.69, 9.17) is 9.40 Å². The average Bonchev–Trinajstić information content (AvgIpc) is 2.99. The third-order valence-corrected chi connectivity index (χ3v) is 4.44. The van der Waals surface area contributed by atoms with Crippen molar-refractivity contribution in [3.05, 3.63) is 63.7 Å². The summed E-state index contributed by atoms with van der Waals surface area (Å²) in [5.41, 5.74) is 2.05. The van der Waals surface area contributed by atoms with Crippen molar-refractivity contribution in [2.45, 2.75) is 13.0 Å². The Morgan fingerprint density at radius 3 is 2.91 bits per heavy atom. The van der Waals surface area contributed by atoms with Gasteiger partial charge in [0.25, 0.3) is 0 Å². The molecule has 0 bridgehead atoms. The van der Waals surface area contributed by atoms with Gasteiger partial charge in [0.15, 0.2) is 0 Å². The topological polar surface area (TPSA) is 42.2 Å². The lowest BCUT2D eigenvalue weighted by molar-refractivity contribution is 0.498. The van der Waals surface area contributed by atoms with Gasteiger partial charge < -0.3 is 9.32 Å². The van der Waals surface area contributed by atoms with E-state index in [1.165, 1.54) is 3.57 Å². The third kappa shape index (κ3) is 2.61. The number of hydrogen-bond acceptors (Lipinski definition) is 4. The Kier molecular flexibility index (Phi) is 3.57. The summed E-state index contributed by atoms with van der Waals surface area (Å²) in [6.07, 6.45) is 2.69. The van der Waals surface area contributed by atoms with Crippen LogP contribution in [0.2, 0.25) is 0 Å². The zero-order valence-electron chi connectivity index (χ0n) is 11.9. The molecule has 0 N–H and O–H groups in total. The second kappa shape index (κ2) is 5.72. The van der Waals surface area contributed by atoms with Crippen LogP contribution in [0.1, 0.15) is 11.5 Å². The van der Waals surface area contributed by atoms with Crippen molar-refractivity contribution in [2.24, 2.45) is 0 Å². The zero-order valence-corrected chi connectivity index (χ0v) is 14.0. The molecule has 3 aromatic rings. The molecular formula is C17H14IN3O. The van der Waals surface area contributed by atoms with Gasteiger partial charge >= 0.3 is 0 Å². The van der Waals surface area contributed by atoms with Crippen molar-refractivity contribution in [3.63, 3.8) is 0 Å². The van der Waals surface area contributed by atoms with Crippen molar-refractivity contribution in [2.75, 3.05) is 11.4 Å². The molecule has 1 aromatic carbocycles. The summed E-state index contributed by atoms with van der Waals surface area (Å²) in [5, 5.41) is 0. The van der Waals surface area contributed by atoms with Gasteiger partial charge in [-0.3, -0.25) is 0 Å². The quantitative estimate of drug-likeness (QED) is 0.609. The standard InChI is InChI=1S/C17H14IN3O/c18-13-5-3-4-12(10-13)17-20-14-11-21(9-7-15(14)22-17)16-6-1-2-8-19-16/h1-6,8,10H,7,9,11H2. The first-order valence-corrected chi connectivity index (χ1v) is 8.28. The lowest BCUT2D eigenvalue weighted by Gasteiger charge is -2.26. The molecule has 0 amide bonds. The van der Waals surface area contributed by atoms with Gasteiger partial charge in [-0.15, -0.1) is 0 Å². The number of pyridine rings is 1. The smallest absolute Gasteiger partial charge is 0.226 e. The van der Waals surface area contributed by atoms with Crippen LogP contribution in [0.4, 0.5) is 5.82 Å². The maximum absolute atomic E-state index is 5.97. The first kappa shape index (κ1) is 13.8. The summed E-state index contributed by atoms with van der Waals surface area (Å²) >= 11 is 2.30. The minimum absolute atomic E-state index is 0.714. The van der Waals surface area contributed by atoms with Crippen LogP contribution in [0.3, 0.4) is 0 Å². The molecule has 0 saturated carbocycles. The van der Waals surface area contributed by atoms with E-state index < -0.39 is 0 Å². The number of fused-ring (bicyclic) bond motifs is 1. The number of hydrogen-bond donors (Lipinski definition) is 0. The number of nitrogens with zero attached hydrogens (tertiary/aromatic N) is 3. The van der Waals surface area contributed by atoms with Crippen LogP contribution in [-0.2, 0) is 13.0 Å². The SMILES string of the molecule is Ic1cccc(-c2nc3c(o2)CCN(c2ccccn2)C3)c1. The minimum atomic E-state index is 0.714. The number of halogens is 1. The first-order valence-electron chi connectivity index (χ1n) is 7.20. The summed E-state index contributed by atoms with van der Waals surface area (Å²) in [4.78, 5) is 11.4.